The van der Waals surface area contributed by atoms with Gasteiger partial charge in [-0.2, -0.15) is 5.10 Å². The molecule has 1 aliphatic carbocycles. The first-order valence-corrected chi connectivity index (χ1v) is 5.30. The van der Waals surface area contributed by atoms with Crippen LogP contribution in [0.3, 0.4) is 0 Å². The van der Waals surface area contributed by atoms with Crippen molar-refractivity contribution in [2.45, 2.75) is 46.5 Å². The van der Waals surface area contributed by atoms with E-state index in [0.29, 0.717) is 0 Å². The first-order valence-electron chi connectivity index (χ1n) is 5.30. The van der Waals surface area contributed by atoms with Crippen LogP contribution in [0.25, 0.3) is 0 Å². The number of fused-ring (bicyclic) bond motifs is 1. The monoisotopic (exact) mass is 180 g/mol. The third-order valence-electron chi connectivity index (χ3n) is 2.57. The maximum absolute atomic E-state index is 4.41. The third-order valence-corrected chi connectivity index (χ3v) is 2.57. The van der Waals surface area contributed by atoms with E-state index in [0.717, 1.165) is 0 Å². The van der Waals surface area contributed by atoms with Gasteiger partial charge in [0.25, 0.3) is 0 Å². The van der Waals surface area contributed by atoms with Gasteiger partial charge in [-0.1, -0.05) is 13.8 Å². The molecule has 74 valence electrons. The molecule has 1 heterocycles. The number of aryl methyl sites for hydroxylation is 2. The molecule has 0 fully saturated rings. The molecular weight excluding hydrogens is 160 g/mol. The van der Waals surface area contributed by atoms with Gasteiger partial charge in [-0.05, 0) is 38.2 Å². The molecule has 0 N–H and O–H groups in total. The Labute approximate surface area is 81.0 Å². The van der Waals surface area contributed by atoms with E-state index in [9.17, 15) is 0 Å². The molecule has 2 heteroatoms. The van der Waals surface area contributed by atoms with Gasteiger partial charge >= 0.3 is 0 Å². The van der Waals surface area contributed by atoms with Crippen LogP contribution in [0.5, 0.6) is 0 Å². The van der Waals surface area contributed by atoms with Crippen molar-refractivity contribution >= 4 is 0 Å². The zero-order chi connectivity index (χ0) is 9.84. The maximum atomic E-state index is 4.41. The normalized spacial score (nSPS) is 14.5. The van der Waals surface area contributed by atoms with E-state index in [1.165, 1.54) is 42.6 Å². The average Bonchev–Trinajstić information content (AvgIpc) is 2.47. The predicted octanol–water partition coefficient (Wildman–Crippen LogP) is 2.63. The summed E-state index contributed by atoms with van der Waals surface area (Å²) in [6.45, 7) is 6.12. The van der Waals surface area contributed by atoms with Gasteiger partial charge in [0, 0.05) is 12.7 Å². The van der Waals surface area contributed by atoms with E-state index in [4.69, 9.17) is 0 Å². The summed E-state index contributed by atoms with van der Waals surface area (Å²) in [6, 6.07) is 0. The van der Waals surface area contributed by atoms with Gasteiger partial charge in [0.2, 0.25) is 0 Å². The zero-order valence-corrected chi connectivity index (χ0v) is 9.22. The first-order chi connectivity index (χ1) is 6.29. The minimum absolute atomic E-state index is 1.23. The summed E-state index contributed by atoms with van der Waals surface area (Å²) in [5.74, 6) is 0. The molecule has 0 amide bonds. The standard InChI is InChI=1S/C9H14N2.C2H6/c1-7-8-5-3-4-6-9(8)11(2)10-7;1-2/h3-6H2,1-2H3;1-2H3. The van der Waals surface area contributed by atoms with Crippen LogP contribution in [0, 0.1) is 6.92 Å². The van der Waals surface area contributed by atoms with E-state index >= 15 is 0 Å². The van der Waals surface area contributed by atoms with Crippen molar-refractivity contribution in [3.63, 3.8) is 0 Å². The van der Waals surface area contributed by atoms with Crippen LogP contribution < -0.4 is 0 Å². The van der Waals surface area contributed by atoms with Gasteiger partial charge in [-0.15, -0.1) is 0 Å². The second-order valence-electron chi connectivity index (χ2n) is 3.34. The molecule has 0 radical (unpaired) electrons. The second-order valence-corrected chi connectivity index (χ2v) is 3.34. The molecule has 0 unspecified atom stereocenters. The van der Waals surface area contributed by atoms with Crippen molar-refractivity contribution in [1.29, 1.82) is 0 Å². The average molecular weight is 180 g/mol. The SMILES string of the molecule is CC.Cc1nn(C)c2c1CCCC2. The molecule has 0 saturated carbocycles. The molecule has 0 spiro atoms. The van der Waals surface area contributed by atoms with Crippen LogP contribution in [-0.2, 0) is 19.9 Å². The largest absolute Gasteiger partial charge is 0.272 e. The molecule has 0 bridgehead atoms. The maximum Gasteiger partial charge on any atom is 0.0628 e. The molecule has 2 nitrogen and oxygen atoms in total. The Bertz CT molecular complexity index is 247. The van der Waals surface area contributed by atoms with Crippen molar-refractivity contribution in [3.05, 3.63) is 17.0 Å². The Hall–Kier alpha value is -0.790. The van der Waals surface area contributed by atoms with Gasteiger partial charge in [-0.3, -0.25) is 4.68 Å². The summed E-state index contributed by atoms with van der Waals surface area (Å²) >= 11 is 0. The van der Waals surface area contributed by atoms with Crippen molar-refractivity contribution < 1.29 is 0 Å². The lowest BCUT2D eigenvalue weighted by molar-refractivity contribution is 0.626. The smallest absolute Gasteiger partial charge is 0.0628 e. The first kappa shape index (κ1) is 10.3. The summed E-state index contributed by atoms with van der Waals surface area (Å²) in [7, 11) is 2.05. The lowest BCUT2D eigenvalue weighted by atomic mass is 9.96. The van der Waals surface area contributed by atoms with E-state index in [-0.39, 0.29) is 0 Å². The van der Waals surface area contributed by atoms with Crippen molar-refractivity contribution in [3.8, 4) is 0 Å². The van der Waals surface area contributed by atoms with Crippen molar-refractivity contribution in [2.75, 3.05) is 0 Å². The fraction of sp³-hybridized carbons (Fsp3) is 0.727. The van der Waals surface area contributed by atoms with Crippen LogP contribution in [0.1, 0.15) is 43.6 Å². The Morgan fingerprint density at radius 3 is 2.38 bits per heavy atom. The molecule has 0 atom stereocenters. The highest BCUT2D eigenvalue weighted by atomic mass is 15.3. The summed E-state index contributed by atoms with van der Waals surface area (Å²) in [6.07, 6.45) is 5.16. The fourth-order valence-corrected chi connectivity index (χ4v) is 1.98. The summed E-state index contributed by atoms with van der Waals surface area (Å²) in [5.41, 5.74) is 4.22. The van der Waals surface area contributed by atoms with E-state index in [1.807, 2.05) is 18.5 Å². The predicted molar refractivity (Wildman–Crippen MR) is 55.9 cm³/mol. The third kappa shape index (κ3) is 1.93. The number of hydrogen-bond acceptors (Lipinski definition) is 1. The summed E-state index contributed by atoms with van der Waals surface area (Å²) in [4.78, 5) is 0. The van der Waals surface area contributed by atoms with E-state index in [1.54, 1.807) is 0 Å². The van der Waals surface area contributed by atoms with Crippen molar-refractivity contribution in [1.82, 2.24) is 9.78 Å². The Morgan fingerprint density at radius 1 is 1.15 bits per heavy atom. The number of aromatic nitrogens is 2. The van der Waals surface area contributed by atoms with Crippen LogP contribution in [0.15, 0.2) is 0 Å². The molecule has 2 rings (SSSR count). The lowest BCUT2D eigenvalue weighted by Gasteiger charge is -2.11. The molecule has 13 heavy (non-hydrogen) atoms. The second kappa shape index (κ2) is 4.45. The molecule has 1 aromatic rings. The Balaban J connectivity index is 0.000000396. The molecule has 1 aliphatic rings. The number of nitrogens with zero attached hydrogens (tertiary/aromatic N) is 2. The highest BCUT2D eigenvalue weighted by molar-refractivity contribution is 5.27. The quantitative estimate of drug-likeness (QED) is 0.600. The molecular formula is C11H20N2. The number of hydrogen-bond donors (Lipinski definition) is 0. The van der Waals surface area contributed by atoms with Crippen LogP contribution in [-0.4, -0.2) is 9.78 Å². The minimum atomic E-state index is 1.23. The van der Waals surface area contributed by atoms with Crippen molar-refractivity contribution in [2.24, 2.45) is 7.05 Å². The highest BCUT2D eigenvalue weighted by Crippen LogP contribution is 2.22. The fourth-order valence-electron chi connectivity index (χ4n) is 1.98. The van der Waals surface area contributed by atoms with Gasteiger partial charge in [-0.25, -0.2) is 0 Å². The van der Waals surface area contributed by atoms with Gasteiger partial charge < -0.3 is 0 Å². The van der Waals surface area contributed by atoms with E-state index < -0.39 is 0 Å². The molecule has 0 saturated heterocycles. The summed E-state index contributed by atoms with van der Waals surface area (Å²) < 4.78 is 2.05. The molecule has 1 aromatic heterocycles. The van der Waals surface area contributed by atoms with Crippen LogP contribution >= 0.6 is 0 Å². The Morgan fingerprint density at radius 2 is 1.77 bits per heavy atom. The van der Waals surface area contributed by atoms with Crippen LogP contribution in [0.4, 0.5) is 0 Å². The Kier molecular flexibility index (Phi) is 3.52. The lowest BCUT2D eigenvalue weighted by Crippen LogP contribution is -2.05. The van der Waals surface area contributed by atoms with E-state index in [2.05, 4.69) is 19.1 Å². The zero-order valence-electron chi connectivity index (χ0n) is 9.22. The molecule has 0 aliphatic heterocycles. The van der Waals surface area contributed by atoms with Crippen LogP contribution in [0.2, 0.25) is 0 Å². The summed E-state index contributed by atoms with van der Waals surface area (Å²) in [5, 5.41) is 4.41. The minimum Gasteiger partial charge on any atom is -0.272 e. The van der Waals surface area contributed by atoms with Gasteiger partial charge in [0.05, 0.1) is 5.69 Å². The van der Waals surface area contributed by atoms with Gasteiger partial charge in [0.15, 0.2) is 0 Å². The molecule has 0 aromatic carbocycles. The topological polar surface area (TPSA) is 17.8 Å². The highest BCUT2D eigenvalue weighted by Gasteiger charge is 2.15. The number of rotatable bonds is 0. The van der Waals surface area contributed by atoms with Gasteiger partial charge in [0.1, 0.15) is 0 Å².